The standard InChI is InChI=1S/C19H20N2OS/c1-11-9-10-16(23-11)18-14-7-3-5-12(14)13-6-4-8-15(17(13)21-18)19(22)20-2/h3-6,8-10,12,14,18,21H,7H2,1-2H3,(H,20,22). The molecule has 4 heteroatoms. The van der Waals surface area contributed by atoms with E-state index in [-0.39, 0.29) is 11.9 Å². The lowest BCUT2D eigenvalue weighted by Gasteiger charge is -2.37. The Kier molecular flexibility index (Phi) is 3.49. The van der Waals surface area contributed by atoms with Gasteiger partial charge in [0.15, 0.2) is 0 Å². The summed E-state index contributed by atoms with van der Waals surface area (Å²) >= 11 is 1.85. The molecule has 3 nitrogen and oxygen atoms in total. The van der Waals surface area contributed by atoms with E-state index in [0.29, 0.717) is 11.8 Å². The summed E-state index contributed by atoms with van der Waals surface area (Å²) in [7, 11) is 1.68. The number of rotatable bonds is 2. The fourth-order valence-electron chi connectivity index (χ4n) is 3.85. The number of anilines is 1. The van der Waals surface area contributed by atoms with Crippen LogP contribution in [0.15, 0.2) is 42.5 Å². The molecule has 0 saturated heterocycles. The van der Waals surface area contributed by atoms with Gasteiger partial charge in [0.1, 0.15) is 0 Å². The number of hydrogen-bond acceptors (Lipinski definition) is 3. The van der Waals surface area contributed by atoms with Crippen molar-refractivity contribution in [3.8, 4) is 0 Å². The third kappa shape index (κ3) is 2.29. The second kappa shape index (κ2) is 5.53. The first-order valence-electron chi connectivity index (χ1n) is 8.03. The second-order valence-corrected chi connectivity index (χ2v) is 7.59. The summed E-state index contributed by atoms with van der Waals surface area (Å²) < 4.78 is 0. The van der Waals surface area contributed by atoms with Gasteiger partial charge < -0.3 is 10.6 Å². The predicted octanol–water partition coefficient (Wildman–Crippen LogP) is 4.24. The number of carbonyl (C=O) groups excluding carboxylic acids is 1. The monoisotopic (exact) mass is 324 g/mol. The van der Waals surface area contributed by atoms with E-state index >= 15 is 0 Å². The second-order valence-electron chi connectivity index (χ2n) is 6.27. The SMILES string of the molecule is CNC(=O)c1cccc2c1NC(c1ccc(C)s1)C1CC=CC21. The molecule has 118 valence electrons. The molecule has 0 fully saturated rings. The highest BCUT2D eigenvalue weighted by Gasteiger charge is 2.39. The Morgan fingerprint density at radius 2 is 2.17 bits per heavy atom. The number of allylic oxidation sites excluding steroid dienone is 2. The molecule has 1 aliphatic carbocycles. The number of nitrogens with one attached hydrogen (secondary N) is 2. The van der Waals surface area contributed by atoms with E-state index in [1.54, 1.807) is 7.05 Å². The fourth-order valence-corrected chi connectivity index (χ4v) is 4.85. The zero-order valence-corrected chi connectivity index (χ0v) is 14.1. The van der Waals surface area contributed by atoms with Gasteiger partial charge in [-0.25, -0.2) is 0 Å². The summed E-state index contributed by atoms with van der Waals surface area (Å²) in [5.41, 5.74) is 2.98. The molecular formula is C19H20N2OS. The molecule has 2 heterocycles. The van der Waals surface area contributed by atoms with E-state index in [0.717, 1.165) is 17.7 Å². The summed E-state index contributed by atoms with van der Waals surface area (Å²) in [6.45, 7) is 2.14. The molecule has 3 atom stereocenters. The van der Waals surface area contributed by atoms with Crippen LogP contribution in [0.5, 0.6) is 0 Å². The maximum absolute atomic E-state index is 12.3. The van der Waals surface area contributed by atoms with Crippen molar-refractivity contribution < 1.29 is 4.79 Å². The highest BCUT2D eigenvalue weighted by molar-refractivity contribution is 7.12. The summed E-state index contributed by atoms with van der Waals surface area (Å²) in [6.07, 6.45) is 5.68. The Balaban J connectivity index is 1.83. The number of benzene rings is 1. The molecule has 1 amide bonds. The molecule has 2 aliphatic rings. The van der Waals surface area contributed by atoms with Gasteiger partial charge in [-0.15, -0.1) is 11.3 Å². The van der Waals surface area contributed by atoms with Crippen LogP contribution < -0.4 is 10.6 Å². The lowest BCUT2D eigenvalue weighted by atomic mass is 9.78. The van der Waals surface area contributed by atoms with E-state index in [4.69, 9.17) is 0 Å². The van der Waals surface area contributed by atoms with Crippen molar-refractivity contribution in [2.75, 3.05) is 12.4 Å². The molecule has 23 heavy (non-hydrogen) atoms. The van der Waals surface area contributed by atoms with E-state index in [1.165, 1.54) is 15.3 Å². The van der Waals surface area contributed by atoms with E-state index in [1.807, 2.05) is 23.5 Å². The molecule has 0 bridgehead atoms. The van der Waals surface area contributed by atoms with Crippen molar-refractivity contribution in [1.29, 1.82) is 0 Å². The number of hydrogen-bond donors (Lipinski definition) is 2. The van der Waals surface area contributed by atoms with Gasteiger partial charge in [0.2, 0.25) is 0 Å². The van der Waals surface area contributed by atoms with Crippen molar-refractivity contribution in [3.05, 3.63) is 63.4 Å². The van der Waals surface area contributed by atoms with Crippen LogP contribution in [0.25, 0.3) is 0 Å². The minimum atomic E-state index is -0.0316. The van der Waals surface area contributed by atoms with Crippen LogP contribution in [-0.2, 0) is 0 Å². The third-order valence-electron chi connectivity index (χ3n) is 4.94. The fraction of sp³-hybridized carbons (Fsp3) is 0.316. The maximum atomic E-state index is 12.3. The Labute approximate surface area is 140 Å². The Morgan fingerprint density at radius 3 is 2.91 bits per heavy atom. The number of para-hydroxylation sites is 1. The van der Waals surface area contributed by atoms with Crippen LogP contribution in [-0.4, -0.2) is 13.0 Å². The Bertz CT molecular complexity index is 792. The van der Waals surface area contributed by atoms with Crippen molar-refractivity contribution >= 4 is 22.9 Å². The summed E-state index contributed by atoms with van der Waals surface area (Å²) in [4.78, 5) is 14.9. The number of carbonyl (C=O) groups is 1. The van der Waals surface area contributed by atoms with E-state index in [2.05, 4.69) is 47.9 Å². The Hall–Kier alpha value is -2.07. The molecule has 4 rings (SSSR count). The zero-order valence-electron chi connectivity index (χ0n) is 13.3. The predicted molar refractivity (Wildman–Crippen MR) is 95.2 cm³/mol. The smallest absolute Gasteiger partial charge is 0.253 e. The molecule has 0 radical (unpaired) electrons. The third-order valence-corrected chi connectivity index (χ3v) is 6.02. The van der Waals surface area contributed by atoms with Crippen molar-refractivity contribution in [2.45, 2.75) is 25.3 Å². The maximum Gasteiger partial charge on any atom is 0.253 e. The molecule has 2 aromatic rings. The van der Waals surface area contributed by atoms with Crippen LogP contribution in [0.1, 0.15) is 44.1 Å². The molecule has 3 unspecified atom stereocenters. The Morgan fingerprint density at radius 1 is 1.30 bits per heavy atom. The minimum Gasteiger partial charge on any atom is -0.376 e. The molecule has 1 aromatic heterocycles. The van der Waals surface area contributed by atoms with Crippen LogP contribution >= 0.6 is 11.3 Å². The number of thiophene rings is 1. The highest BCUT2D eigenvalue weighted by atomic mass is 32.1. The van der Waals surface area contributed by atoms with Gasteiger partial charge in [0, 0.05) is 22.7 Å². The topological polar surface area (TPSA) is 41.1 Å². The highest BCUT2D eigenvalue weighted by Crippen LogP contribution is 2.51. The summed E-state index contributed by atoms with van der Waals surface area (Å²) in [5.74, 6) is 0.889. The van der Waals surface area contributed by atoms with Crippen LogP contribution in [0.4, 0.5) is 5.69 Å². The normalized spacial score (nSPS) is 24.7. The molecule has 2 N–H and O–H groups in total. The molecule has 0 spiro atoms. The van der Waals surface area contributed by atoms with Gasteiger partial charge in [0.05, 0.1) is 17.3 Å². The van der Waals surface area contributed by atoms with Gasteiger partial charge in [-0.1, -0.05) is 24.3 Å². The zero-order chi connectivity index (χ0) is 16.0. The van der Waals surface area contributed by atoms with Crippen molar-refractivity contribution in [1.82, 2.24) is 5.32 Å². The number of aryl methyl sites for hydroxylation is 1. The number of fused-ring (bicyclic) bond motifs is 3. The average Bonchev–Trinajstić information content (AvgIpc) is 3.22. The first kappa shape index (κ1) is 14.5. The minimum absolute atomic E-state index is 0.0316. The quantitative estimate of drug-likeness (QED) is 0.811. The van der Waals surface area contributed by atoms with E-state index < -0.39 is 0 Å². The summed E-state index contributed by atoms with van der Waals surface area (Å²) in [5, 5.41) is 6.45. The molecule has 1 aliphatic heterocycles. The lowest BCUT2D eigenvalue weighted by Crippen LogP contribution is -2.31. The van der Waals surface area contributed by atoms with Gasteiger partial charge in [-0.2, -0.15) is 0 Å². The van der Waals surface area contributed by atoms with Crippen molar-refractivity contribution in [2.24, 2.45) is 5.92 Å². The van der Waals surface area contributed by atoms with E-state index in [9.17, 15) is 4.79 Å². The van der Waals surface area contributed by atoms with Crippen molar-refractivity contribution in [3.63, 3.8) is 0 Å². The number of amides is 1. The van der Waals surface area contributed by atoms with Gasteiger partial charge in [-0.05, 0) is 43.0 Å². The van der Waals surface area contributed by atoms with Crippen LogP contribution in [0.2, 0.25) is 0 Å². The average molecular weight is 324 g/mol. The summed E-state index contributed by atoms with van der Waals surface area (Å²) in [6, 6.07) is 10.7. The molecular weight excluding hydrogens is 304 g/mol. The van der Waals surface area contributed by atoms with Gasteiger partial charge in [-0.3, -0.25) is 4.79 Å². The molecule has 1 aromatic carbocycles. The van der Waals surface area contributed by atoms with Crippen LogP contribution in [0.3, 0.4) is 0 Å². The van der Waals surface area contributed by atoms with Crippen LogP contribution in [0, 0.1) is 12.8 Å². The first-order chi connectivity index (χ1) is 11.2. The largest absolute Gasteiger partial charge is 0.376 e. The lowest BCUT2D eigenvalue weighted by molar-refractivity contribution is 0.0963. The first-order valence-corrected chi connectivity index (χ1v) is 8.85. The molecule has 0 saturated carbocycles. The van der Waals surface area contributed by atoms with Gasteiger partial charge in [0.25, 0.3) is 5.91 Å². The van der Waals surface area contributed by atoms with Gasteiger partial charge >= 0.3 is 0 Å².